The summed E-state index contributed by atoms with van der Waals surface area (Å²) in [5.41, 5.74) is 0.904. The van der Waals surface area contributed by atoms with Gasteiger partial charge in [0.25, 0.3) is 5.91 Å². The lowest BCUT2D eigenvalue weighted by atomic mass is 10.3. The molecular weight excluding hydrogens is 382 g/mol. The third-order valence-electron chi connectivity index (χ3n) is 3.98. The standard InChI is InChI=1S/C20H22ClN3O2S/c1-23(2)12-5-13-24(20-22-17-6-3-4-7-18(17)27-20)19(25)14-26-16-10-8-15(21)9-11-16/h3-4,6-11H,5,12-14H2,1-2H3. The number of rotatable bonds is 8. The second-order valence-electron chi connectivity index (χ2n) is 6.41. The van der Waals surface area contributed by atoms with Crippen LogP contribution in [-0.4, -0.2) is 49.6 Å². The first-order valence-corrected chi connectivity index (χ1v) is 9.91. The Hall–Kier alpha value is -2.15. The molecular formula is C20H22ClN3O2S. The largest absolute Gasteiger partial charge is 0.484 e. The van der Waals surface area contributed by atoms with Gasteiger partial charge in [0.05, 0.1) is 10.2 Å². The number of para-hydroxylation sites is 1. The van der Waals surface area contributed by atoms with Gasteiger partial charge in [-0.15, -0.1) is 0 Å². The number of aromatic nitrogens is 1. The number of halogens is 1. The van der Waals surface area contributed by atoms with Crippen molar-refractivity contribution in [3.63, 3.8) is 0 Å². The van der Waals surface area contributed by atoms with E-state index in [4.69, 9.17) is 16.3 Å². The summed E-state index contributed by atoms with van der Waals surface area (Å²) in [7, 11) is 4.04. The lowest BCUT2D eigenvalue weighted by Gasteiger charge is -2.21. The van der Waals surface area contributed by atoms with Gasteiger partial charge < -0.3 is 9.64 Å². The van der Waals surface area contributed by atoms with Crippen molar-refractivity contribution in [1.29, 1.82) is 0 Å². The monoisotopic (exact) mass is 403 g/mol. The number of ether oxygens (including phenoxy) is 1. The van der Waals surface area contributed by atoms with Gasteiger partial charge in [0.2, 0.25) is 0 Å². The zero-order chi connectivity index (χ0) is 19.2. The van der Waals surface area contributed by atoms with Gasteiger partial charge in [0, 0.05) is 11.6 Å². The van der Waals surface area contributed by atoms with Gasteiger partial charge in [-0.2, -0.15) is 0 Å². The number of carbonyl (C=O) groups is 1. The summed E-state index contributed by atoms with van der Waals surface area (Å²) in [5.74, 6) is 0.507. The average molecular weight is 404 g/mol. The van der Waals surface area contributed by atoms with Gasteiger partial charge in [0.1, 0.15) is 5.75 Å². The molecule has 0 atom stereocenters. The van der Waals surface area contributed by atoms with Crippen molar-refractivity contribution in [2.45, 2.75) is 6.42 Å². The number of hydrogen-bond acceptors (Lipinski definition) is 5. The van der Waals surface area contributed by atoms with E-state index in [9.17, 15) is 4.79 Å². The lowest BCUT2D eigenvalue weighted by molar-refractivity contribution is -0.120. The third-order valence-corrected chi connectivity index (χ3v) is 5.29. The molecule has 1 heterocycles. The van der Waals surface area contributed by atoms with E-state index in [2.05, 4.69) is 9.88 Å². The number of anilines is 1. The number of thiazole rings is 1. The van der Waals surface area contributed by atoms with Crippen LogP contribution in [0.3, 0.4) is 0 Å². The van der Waals surface area contributed by atoms with Crippen molar-refractivity contribution in [2.75, 3.05) is 38.7 Å². The van der Waals surface area contributed by atoms with Crippen LogP contribution >= 0.6 is 22.9 Å². The van der Waals surface area contributed by atoms with Crippen LogP contribution in [0.15, 0.2) is 48.5 Å². The van der Waals surface area contributed by atoms with Gasteiger partial charge in [-0.25, -0.2) is 4.98 Å². The highest BCUT2D eigenvalue weighted by molar-refractivity contribution is 7.22. The number of amides is 1. The minimum absolute atomic E-state index is 0.0421. The van der Waals surface area contributed by atoms with Gasteiger partial charge in [-0.1, -0.05) is 35.1 Å². The van der Waals surface area contributed by atoms with Crippen LogP contribution < -0.4 is 9.64 Å². The summed E-state index contributed by atoms with van der Waals surface area (Å²) < 4.78 is 6.71. The highest BCUT2D eigenvalue weighted by Crippen LogP contribution is 2.29. The fourth-order valence-corrected chi connectivity index (χ4v) is 3.74. The molecule has 0 saturated carbocycles. The Labute approximate surface area is 168 Å². The molecule has 1 amide bonds. The second kappa shape index (κ2) is 9.17. The molecule has 0 spiro atoms. The van der Waals surface area contributed by atoms with Crippen LogP contribution in [0, 0.1) is 0 Å². The van der Waals surface area contributed by atoms with E-state index in [-0.39, 0.29) is 12.5 Å². The van der Waals surface area contributed by atoms with Crippen molar-refractivity contribution in [3.05, 3.63) is 53.6 Å². The van der Waals surface area contributed by atoms with E-state index in [1.165, 1.54) is 11.3 Å². The van der Waals surface area contributed by atoms with Gasteiger partial charge in [0.15, 0.2) is 11.7 Å². The Morgan fingerprint density at radius 3 is 2.56 bits per heavy atom. The first-order chi connectivity index (χ1) is 13.0. The highest BCUT2D eigenvalue weighted by atomic mass is 35.5. The number of benzene rings is 2. The second-order valence-corrected chi connectivity index (χ2v) is 7.85. The maximum Gasteiger partial charge on any atom is 0.266 e. The van der Waals surface area contributed by atoms with Gasteiger partial charge in [-0.3, -0.25) is 9.69 Å². The quantitative estimate of drug-likeness (QED) is 0.562. The first-order valence-electron chi connectivity index (χ1n) is 8.72. The average Bonchev–Trinajstić information content (AvgIpc) is 3.08. The molecule has 0 aliphatic carbocycles. The van der Waals surface area contributed by atoms with Crippen molar-refractivity contribution in [1.82, 2.24) is 9.88 Å². The molecule has 0 fully saturated rings. The summed E-state index contributed by atoms with van der Waals surface area (Å²) >= 11 is 7.41. The van der Waals surface area contributed by atoms with Crippen LogP contribution in [0.4, 0.5) is 5.13 Å². The Morgan fingerprint density at radius 2 is 1.85 bits per heavy atom. The van der Waals surface area contributed by atoms with E-state index in [0.717, 1.165) is 23.2 Å². The molecule has 5 nitrogen and oxygen atoms in total. The molecule has 7 heteroatoms. The molecule has 0 saturated heterocycles. The molecule has 0 unspecified atom stereocenters. The summed E-state index contributed by atoms with van der Waals surface area (Å²) in [4.78, 5) is 21.3. The molecule has 1 aromatic heterocycles. The Kier molecular flexibility index (Phi) is 6.66. The van der Waals surface area contributed by atoms with Crippen LogP contribution in [0.2, 0.25) is 5.02 Å². The maximum absolute atomic E-state index is 12.9. The van der Waals surface area contributed by atoms with E-state index < -0.39 is 0 Å². The fraction of sp³-hybridized carbons (Fsp3) is 0.300. The Bertz CT molecular complexity index is 863. The molecule has 27 heavy (non-hydrogen) atoms. The highest BCUT2D eigenvalue weighted by Gasteiger charge is 2.20. The van der Waals surface area contributed by atoms with Crippen LogP contribution in [0.5, 0.6) is 5.75 Å². The predicted molar refractivity (Wildman–Crippen MR) is 112 cm³/mol. The molecule has 3 rings (SSSR count). The van der Waals surface area contributed by atoms with Crippen LogP contribution in [0.1, 0.15) is 6.42 Å². The minimum Gasteiger partial charge on any atom is -0.484 e. The minimum atomic E-state index is -0.109. The van der Waals surface area contributed by atoms with Crippen LogP contribution in [0.25, 0.3) is 10.2 Å². The molecule has 0 N–H and O–H groups in total. The number of hydrogen-bond donors (Lipinski definition) is 0. The molecule has 0 aliphatic rings. The number of carbonyl (C=O) groups excluding carboxylic acids is 1. The van der Waals surface area contributed by atoms with Crippen molar-refractivity contribution < 1.29 is 9.53 Å². The van der Waals surface area contributed by atoms with Crippen LogP contribution in [-0.2, 0) is 4.79 Å². The maximum atomic E-state index is 12.9. The topological polar surface area (TPSA) is 45.7 Å². The Balaban J connectivity index is 1.73. The predicted octanol–water partition coefficient (Wildman–Crippen LogP) is 4.31. The number of nitrogens with zero attached hydrogens (tertiary/aromatic N) is 3. The summed E-state index contributed by atoms with van der Waals surface area (Å²) in [6.45, 7) is 1.45. The van der Waals surface area contributed by atoms with Gasteiger partial charge in [-0.05, 0) is 63.5 Å². The molecule has 2 aromatic carbocycles. The summed E-state index contributed by atoms with van der Waals surface area (Å²) in [6.07, 6.45) is 0.857. The smallest absolute Gasteiger partial charge is 0.266 e. The zero-order valence-corrected chi connectivity index (χ0v) is 17.0. The molecule has 0 bridgehead atoms. The molecule has 142 valence electrons. The van der Waals surface area contributed by atoms with Crippen molar-refractivity contribution in [3.8, 4) is 5.75 Å². The zero-order valence-electron chi connectivity index (χ0n) is 15.4. The third kappa shape index (κ3) is 5.42. The molecule has 3 aromatic rings. The normalized spacial score (nSPS) is 11.1. The molecule has 0 radical (unpaired) electrons. The summed E-state index contributed by atoms with van der Waals surface area (Å²) in [5, 5.41) is 1.34. The first kappa shape index (κ1) is 19.6. The van der Waals surface area contributed by atoms with E-state index in [1.807, 2.05) is 38.4 Å². The van der Waals surface area contributed by atoms with Gasteiger partial charge >= 0.3 is 0 Å². The fourth-order valence-electron chi connectivity index (χ4n) is 2.60. The van der Waals surface area contributed by atoms with E-state index in [0.29, 0.717) is 22.4 Å². The number of fused-ring (bicyclic) bond motifs is 1. The molecule has 0 aliphatic heterocycles. The van der Waals surface area contributed by atoms with E-state index in [1.54, 1.807) is 29.2 Å². The van der Waals surface area contributed by atoms with E-state index >= 15 is 0 Å². The van der Waals surface area contributed by atoms with Crippen molar-refractivity contribution in [2.24, 2.45) is 0 Å². The Morgan fingerprint density at radius 1 is 1.11 bits per heavy atom. The summed E-state index contributed by atoms with van der Waals surface area (Å²) in [6, 6.07) is 14.9. The SMILES string of the molecule is CN(C)CCCN(C(=O)COc1ccc(Cl)cc1)c1nc2ccccc2s1. The van der Waals surface area contributed by atoms with Crippen molar-refractivity contribution >= 4 is 44.2 Å². The lowest BCUT2D eigenvalue weighted by Crippen LogP contribution is -2.36.